The first-order valence-electron chi connectivity index (χ1n) is 12.6. The largest absolute Gasteiger partial charge is 0.463 e. The Bertz CT molecular complexity index is 1510. The van der Waals surface area contributed by atoms with Crippen LogP contribution >= 0.6 is 11.3 Å². The van der Waals surface area contributed by atoms with Gasteiger partial charge in [-0.05, 0) is 68.9 Å². The molecule has 0 unspecified atom stereocenters. The summed E-state index contributed by atoms with van der Waals surface area (Å²) in [6, 6.07) is 12.3. The molecule has 0 saturated heterocycles. The van der Waals surface area contributed by atoms with Crippen molar-refractivity contribution in [3.05, 3.63) is 70.3 Å². The number of carbonyl (C=O) groups excluding carboxylic acids is 3. The summed E-state index contributed by atoms with van der Waals surface area (Å²) in [5.41, 5.74) is 2.71. The minimum absolute atomic E-state index is 0.237. The molecule has 1 amide bonds. The number of thiophene rings is 1. The molecule has 196 valence electrons. The number of carbonyl (C=O) groups is 3. The Morgan fingerprint density at radius 1 is 1.18 bits per heavy atom. The SMILES string of the molecule is CCOC(=O)c1c(NC(=O)[C@@H](C)OC(=O)c2cc(-c3ccco3)nc3ccccc23)sc2c1CC[C@@H](C)C2. The third-order valence-electron chi connectivity index (χ3n) is 6.59. The van der Waals surface area contributed by atoms with Crippen LogP contribution < -0.4 is 5.32 Å². The summed E-state index contributed by atoms with van der Waals surface area (Å²) >= 11 is 1.39. The molecule has 4 aromatic rings. The Morgan fingerprint density at radius 3 is 2.76 bits per heavy atom. The van der Waals surface area contributed by atoms with Gasteiger partial charge in [-0.2, -0.15) is 0 Å². The van der Waals surface area contributed by atoms with E-state index in [9.17, 15) is 14.4 Å². The van der Waals surface area contributed by atoms with Crippen molar-refractivity contribution in [2.24, 2.45) is 5.92 Å². The molecule has 3 aromatic heterocycles. The van der Waals surface area contributed by atoms with Gasteiger partial charge in [-0.1, -0.05) is 25.1 Å². The molecule has 3 heterocycles. The van der Waals surface area contributed by atoms with Gasteiger partial charge >= 0.3 is 11.9 Å². The molecule has 0 saturated carbocycles. The Morgan fingerprint density at radius 2 is 2.00 bits per heavy atom. The number of nitrogens with zero attached hydrogens (tertiary/aromatic N) is 1. The van der Waals surface area contributed by atoms with Crippen molar-refractivity contribution in [3.8, 4) is 11.5 Å². The summed E-state index contributed by atoms with van der Waals surface area (Å²) in [6.45, 7) is 5.66. The average molecular weight is 533 g/mol. The maximum Gasteiger partial charge on any atom is 0.341 e. The van der Waals surface area contributed by atoms with Gasteiger partial charge in [-0.15, -0.1) is 11.3 Å². The number of nitrogens with one attached hydrogen (secondary N) is 1. The zero-order valence-corrected chi connectivity index (χ0v) is 22.2. The molecule has 1 aliphatic rings. The van der Waals surface area contributed by atoms with E-state index in [2.05, 4.69) is 17.2 Å². The lowest BCUT2D eigenvalue weighted by Gasteiger charge is -2.18. The molecule has 1 N–H and O–H groups in total. The Balaban J connectivity index is 1.38. The smallest absolute Gasteiger partial charge is 0.341 e. The minimum atomic E-state index is -1.12. The van der Waals surface area contributed by atoms with Crippen molar-refractivity contribution in [1.29, 1.82) is 0 Å². The standard InChI is InChI=1S/C29H28N2O6S/c1-4-35-29(34)25-19-12-11-16(2)14-24(19)38-27(25)31-26(32)17(3)37-28(33)20-15-22(23-10-7-13-36-23)30-21-9-6-5-8-18(20)21/h5-10,13,15-17H,4,11-12,14H2,1-3H3,(H,31,32)/t16-,17-/m1/s1. The lowest BCUT2D eigenvalue weighted by molar-refractivity contribution is -0.123. The average Bonchev–Trinajstić information content (AvgIpc) is 3.56. The third kappa shape index (κ3) is 5.06. The summed E-state index contributed by atoms with van der Waals surface area (Å²) < 4.78 is 16.3. The van der Waals surface area contributed by atoms with Crippen LogP contribution in [-0.2, 0) is 27.1 Å². The number of benzene rings is 1. The zero-order valence-electron chi connectivity index (χ0n) is 21.4. The van der Waals surface area contributed by atoms with Crippen molar-refractivity contribution in [3.63, 3.8) is 0 Å². The van der Waals surface area contributed by atoms with Crippen LogP contribution in [0.1, 0.15) is 58.3 Å². The number of furan rings is 1. The normalized spacial score (nSPS) is 15.5. The molecule has 1 aromatic carbocycles. The van der Waals surface area contributed by atoms with Crippen molar-refractivity contribution in [2.75, 3.05) is 11.9 Å². The van der Waals surface area contributed by atoms with Crippen LogP contribution in [0.3, 0.4) is 0 Å². The Labute approximate surface area is 224 Å². The highest BCUT2D eigenvalue weighted by Gasteiger charge is 2.30. The summed E-state index contributed by atoms with van der Waals surface area (Å²) in [6.07, 6.45) is 2.99. The number of hydrogen-bond acceptors (Lipinski definition) is 8. The molecule has 2 atom stereocenters. The Hall–Kier alpha value is -3.98. The van der Waals surface area contributed by atoms with E-state index in [1.165, 1.54) is 24.5 Å². The second kappa shape index (κ2) is 10.8. The number of anilines is 1. The van der Waals surface area contributed by atoms with Crippen molar-refractivity contribution in [2.45, 2.75) is 46.1 Å². The van der Waals surface area contributed by atoms with Crippen LogP contribution in [0, 0.1) is 5.92 Å². The lowest BCUT2D eigenvalue weighted by Crippen LogP contribution is -2.30. The molecule has 38 heavy (non-hydrogen) atoms. The fourth-order valence-electron chi connectivity index (χ4n) is 4.64. The van der Waals surface area contributed by atoms with Gasteiger partial charge in [-0.3, -0.25) is 4.79 Å². The first-order valence-corrected chi connectivity index (χ1v) is 13.4. The predicted molar refractivity (Wildman–Crippen MR) is 144 cm³/mol. The van der Waals surface area contributed by atoms with Crippen LogP contribution in [0.25, 0.3) is 22.4 Å². The van der Waals surface area contributed by atoms with Gasteiger partial charge in [0.25, 0.3) is 5.91 Å². The predicted octanol–water partition coefficient (Wildman–Crippen LogP) is 6.04. The number of para-hydroxylation sites is 1. The maximum atomic E-state index is 13.3. The van der Waals surface area contributed by atoms with Crippen molar-refractivity contribution >= 4 is 45.1 Å². The second-order valence-electron chi connectivity index (χ2n) is 9.36. The maximum absolute atomic E-state index is 13.3. The summed E-state index contributed by atoms with van der Waals surface area (Å²) in [5, 5.41) is 3.86. The molecular weight excluding hydrogens is 504 g/mol. The summed E-state index contributed by atoms with van der Waals surface area (Å²) in [5.74, 6) is -0.628. The highest BCUT2D eigenvalue weighted by molar-refractivity contribution is 7.17. The van der Waals surface area contributed by atoms with E-state index in [0.717, 1.165) is 29.7 Å². The van der Waals surface area contributed by atoms with Crippen molar-refractivity contribution in [1.82, 2.24) is 4.98 Å². The van der Waals surface area contributed by atoms with E-state index < -0.39 is 23.9 Å². The Kier molecular flexibility index (Phi) is 7.28. The number of aromatic nitrogens is 1. The van der Waals surface area contributed by atoms with Crippen molar-refractivity contribution < 1.29 is 28.3 Å². The van der Waals surface area contributed by atoms with Gasteiger partial charge in [0.05, 0.1) is 29.5 Å². The van der Waals surface area contributed by atoms with Gasteiger partial charge < -0.3 is 19.2 Å². The quantitative estimate of drug-likeness (QED) is 0.289. The van der Waals surface area contributed by atoms with E-state index >= 15 is 0 Å². The first-order chi connectivity index (χ1) is 18.4. The van der Waals surface area contributed by atoms with E-state index in [4.69, 9.17) is 13.9 Å². The molecule has 0 bridgehead atoms. The van der Waals surface area contributed by atoms with Gasteiger partial charge in [0.1, 0.15) is 10.7 Å². The molecule has 0 aliphatic heterocycles. The molecule has 0 radical (unpaired) electrons. The summed E-state index contributed by atoms with van der Waals surface area (Å²) in [4.78, 5) is 44.9. The molecule has 9 heteroatoms. The number of esters is 2. The molecule has 8 nitrogen and oxygen atoms in total. The first kappa shape index (κ1) is 25.7. The van der Waals surface area contributed by atoms with Crippen LogP contribution in [0.4, 0.5) is 5.00 Å². The molecule has 1 aliphatic carbocycles. The minimum Gasteiger partial charge on any atom is -0.463 e. The number of rotatable bonds is 7. The van der Waals surface area contributed by atoms with Crippen LogP contribution in [0.2, 0.25) is 0 Å². The van der Waals surface area contributed by atoms with E-state index in [1.807, 2.05) is 6.07 Å². The number of fused-ring (bicyclic) bond motifs is 2. The fraction of sp³-hybridized carbons (Fsp3) is 0.310. The highest BCUT2D eigenvalue weighted by atomic mass is 32.1. The van der Waals surface area contributed by atoms with Crippen LogP contribution in [0.15, 0.2) is 53.1 Å². The van der Waals surface area contributed by atoms with E-state index in [-0.39, 0.29) is 12.2 Å². The van der Waals surface area contributed by atoms with E-state index in [1.54, 1.807) is 43.3 Å². The number of hydrogen-bond donors (Lipinski definition) is 1. The molecule has 0 fully saturated rings. The van der Waals surface area contributed by atoms with Crippen LogP contribution in [-0.4, -0.2) is 35.5 Å². The number of pyridine rings is 1. The monoisotopic (exact) mass is 532 g/mol. The topological polar surface area (TPSA) is 108 Å². The van der Waals surface area contributed by atoms with Gasteiger partial charge in [0.15, 0.2) is 11.9 Å². The fourth-order valence-corrected chi connectivity index (χ4v) is 6.05. The van der Waals surface area contributed by atoms with Gasteiger partial charge in [0.2, 0.25) is 0 Å². The van der Waals surface area contributed by atoms with Gasteiger partial charge in [0, 0.05) is 10.3 Å². The molecule has 5 rings (SSSR count). The lowest BCUT2D eigenvalue weighted by atomic mass is 9.88. The zero-order chi connectivity index (χ0) is 26.8. The van der Waals surface area contributed by atoms with E-state index in [0.29, 0.717) is 38.8 Å². The molecular formula is C29H28N2O6S. The number of ether oxygens (including phenoxy) is 2. The molecule has 0 spiro atoms. The number of amides is 1. The third-order valence-corrected chi connectivity index (χ3v) is 7.76. The van der Waals surface area contributed by atoms with Crippen LogP contribution in [0.5, 0.6) is 0 Å². The summed E-state index contributed by atoms with van der Waals surface area (Å²) in [7, 11) is 0. The van der Waals surface area contributed by atoms with Gasteiger partial charge in [-0.25, -0.2) is 14.6 Å². The highest BCUT2D eigenvalue weighted by Crippen LogP contribution is 2.40. The second-order valence-corrected chi connectivity index (χ2v) is 10.5.